The molecule has 2 N–H and O–H groups in total. The molecule has 0 aromatic rings. The van der Waals surface area contributed by atoms with Crippen molar-refractivity contribution in [3.05, 3.63) is 0 Å². The largest absolute Gasteiger partial charge is 0.481 e. The Kier molecular flexibility index (Phi) is 4.78. The SMILES string of the molecule is CC(C)(C)CS(=O)(=O)NC1CCC(C(=O)O)CC1. The summed E-state index contributed by atoms with van der Waals surface area (Å²) in [4.78, 5) is 10.8. The fourth-order valence-corrected chi connectivity index (χ4v) is 4.29. The molecule has 0 unspecified atom stereocenters. The van der Waals surface area contributed by atoms with Crippen LogP contribution in [0.5, 0.6) is 0 Å². The summed E-state index contributed by atoms with van der Waals surface area (Å²) in [5, 5.41) is 8.87. The third-order valence-electron chi connectivity index (χ3n) is 3.05. The van der Waals surface area contributed by atoms with Crippen LogP contribution in [0.1, 0.15) is 46.5 Å². The number of sulfonamides is 1. The van der Waals surface area contributed by atoms with Crippen molar-refractivity contribution in [3.8, 4) is 0 Å². The van der Waals surface area contributed by atoms with E-state index in [1.54, 1.807) is 0 Å². The molecule has 0 radical (unpaired) electrons. The molecule has 106 valence electrons. The summed E-state index contributed by atoms with van der Waals surface area (Å²) in [6.45, 7) is 5.65. The fraction of sp³-hybridized carbons (Fsp3) is 0.917. The number of hydrogen-bond donors (Lipinski definition) is 2. The number of carbonyl (C=O) groups is 1. The maximum Gasteiger partial charge on any atom is 0.306 e. The number of rotatable bonds is 4. The quantitative estimate of drug-likeness (QED) is 0.817. The molecule has 0 aromatic heterocycles. The zero-order valence-corrected chi connectivity index (χ0v) is 12.1. The highest BCUT2D eigenvalue weighted by atomic mass is 32.2. The van der Waals surface area contributed by atoms with E-state index in [1.807, 2.05) is 20.8 Å². The zero-order valence-electron chi connectivity index (χ0n) is 11.3. The third-order valence-corrected chi connectivity index (χ3v) is 4.98. The summed E-state index contributed by atoms with van der Waals surface area (Å²) in [6, 6.07) is -0.104. The van der Waals surface area contributed by atoms with Crippen molar-refractivity contribution in [2.75, 3.05) is 5.75 Å². The van der Waals surface area contributed by atoms with Crippen LogP contribution in [-0.2, 0) is 14.8 Å². The molecule has 0 spiro atoms. The first kappa shape index (κ1) is 15.4. The molecule has 0 heterocycles. The van der Waals surface area contributed by atoms with Gasteiger partial charge >= 0.3 is 5.97 Å². The summed E-state index contributed by atoms with van der Waals surface area (Å²) >= 11 is 0. The van der Waals surface area contributed by atoms with Gasteiger partial charge in [0.25, 0.3) is 0 Å². The molecule has 0 saturated heterocycles. The third kappa shape index (κ3) is 5.35. The van der Waals surface area contributed by atoms with E-state index in [4.69, 9.17) is 5.11 Å². The van der Waals surface area contributed by atoms with Gasteiger partial charge in [-0.05, 0) is 31.1 Å². The average molecular weight is 277 g/mol. The minimum atomic E-state index is -3.27. The summed E-state index contributed by atoms with van der Waals surface area (Å²) < 4.78 is 26.5. The second-order valence-corrected chi connectivity index (χ2v) is 8.08. The Morgan fingerprint density at radius 1 is 1.22 bits per heavy atom. The summed E-state index contributed by atoms with van der Waals surface area (Å²) in [6.07, 6.45) is 2.33. The van der Waals surface area contributed by atoms with Crippen LogP contribution in [0, 0.1) is 11.3 Å². The number of carboxylic acids is 1. The number of aliphatic carboxylic acids is 1. The van der Waals surface area contributed by atoms with Gasteiger partial charge in [0.15, 0.2) is 0 Å². The van der Waals surface area contributed by atoms with Gasteiger partial charge in [-0.2, -0.15) is 0 Å². The van der Waals surface area contributed by atoms with Crippen LogP contribution in [0.15, 0.2) is 0 Å². The van der Waals surface area contributed by atoms with Crippen molar-refractivity contribution in [3.63, 3.8) is 0 Å². The molecule has 5 nitrogen and oxygen atoms in total. The topological polar surface area (TPSA) is 83.5 Å². The standard InChI is InChI=1S/C12H23NO4S/c1-12(2,3)8-18(16,17)13-10-6-4-9(5-7-10)11(14)15/h9-10,13H,4-8H2,1-3H3,(H,14,15). The predicted molar refractivity (Wildman–Crippen MR) is 69.8 cm³/mol. The fourth-order valence-electron chi connectivity index (χ4n) is 2.32. The summed E-state index contributed by atoms with van der Waals surface area (Å²) in [5.74, 6) is -0.988. The predicted octanol–water partition coefficient (Wildman–Crippen LogP) is 1.60. The molecule has 0 aromatic carbocycles. The van der Waals surface area contributed by atoms with Crippen molar-refractivity contribution < 1.29 is 18.3 Å². The van der Waals surface area contributed by atoms with Crippen LogP contribution in [0.3, 0.4) is 0 Å². The van der Waals surface area contributed by atoms with Crippen LogP contribution in [0.4, 0.5) is 0 Å². The molecule has 0 aliphatic heterocycles. The number of hydrogen-bond acceptors (Lipinski definition) is 3. The average Bonchev–Trinajstić information content (AvgIpc) is 2.13. The van der Waals surface area contributed by atoms with Gasteiger partial charge in [0.1, 0.15) is 0 Å². The van der Waals surface area contributed by atoms with Crippen molar-refractivity contribution >= 4 is 16.0 Å². The first-order valence-electron chi connectivity index (χ1n) is 6.32. The Bertz CT molecular complexity index is 389. The minimum Gasteiger partial charge on any atom is -0.481 e. The van der Waals surface area contributed by atoms with E-state index in [1.165, 1.54) is 0 Å². The Morgan fingerprint density at radius 3 is 2.11 bits per heavy atom. The van der Waals surface area contributed by atoms with Crippen molar-refractivity contribution in [1.82, 2.24) is 4.72 Å². The van der Waals surface area contributed by atoms with E-state index in [9.17, 15) is 13.2 Å². The molecule has 18 heavy (non-hydrogen) atoms. The Morgan fingerprint density at radius 2 is 1.72 bits per heavy atom. The number of nitrogens with one attached hydrogen (secondary N) is 1. The summed E-state index contributed by atoms with van der Waals surface area (Å²) in [7, 11) is -3.27. The van der Waals surface area contributed by atoms with E-state index in [2.05, 4.69) is 4.72 Å². The Hall–Kier alpha value is -0.620. The Labute approximate surface area is 109 Å². The van der Waals surface area contributed by atoms with Crippen LogP contribution in [0.2, 0.25) is 0 Å². The molecular formula is C12H23NO4S. The summed E-state index contributed by atoms with van der Waals surface area (Å²) in [5.41, 5.74) is -0.274. The molecule has 1 aliphatic carbocycles. The van der Waals surface area contributed by atoms with Gasteiger partial charge in [-0.15, -0.1) is 0 Å². The molecular weight excluding hydrogens is 254 g/mol. The molecule has 1 aliphatic rings. The van der Waals surface area contributed by atoms with Crippen molar-refractivity contribution in [2.24, 2.45) is 11.3 Å². The van der Waals surface area contributed by atoms with Gasteiger partial charge in [0.2, 0.25) is 10.0 Å². The highest BCUT2D eigenvalue weighted by Crippen LogP contribution is 2.25. The highest BCUT2D eigenvalue weighted by molar-refractivity contribution is 7.89. The van der Waals surface area contributed by atoms with Crippen LogP contribution in [0.25, 0.3) is 0 Å². The second-order valence-electron chi connectivity index (χ2n) is 6.32. The van der Waals surface area contributed by atoms with E-state index in [-0.39, 0.29) is 23.1 Å². The van der Waals surface area contributed by atoms with Gasteiger partial charge in [-0.1, -0.05) is 20.8 Å². The lowest BCUT2D eigenvalue weighted by Gasteiger charge is -2.28. The maximum absolute atomic E-state index is 11.9. The molecule has 1 rings (SSSR count). The first-order chi connectivity index (χ1) is 8.09. The minimum absolute atomic E-state index is 0.0961. The van der Waals surface area contributed by atoms with Crippen LogP contribution >= 0.6 is 0 Å². The maximum atomic E-state index is 11.9. The van der Waals surface area contributed by atoms with Gasteiger partial charge < -0.3 is 5.11 Å². The smallest absolute Gasteiger partial charge is 0.306 e. The zero-order chi connectivity index (χ0) is 14.0. The van der Waals surface area contributed by atoms with E-state index >= 15 is 0 Å². The Balaban J connectivity index is 2.48. The molecule has 0 bridgehead atoms. The molecule has 1 saturated carbocycles. The lowest BCUT2D eigenvalue weighted by atomic mass is 9.87. The van der Waals surface area contributed by atoms with E-state index < -0.39 is 16.0 Å². The second kappa shape index (κ2) is 5.57. The normalized spacial score (nSPS) is 25.9. The van der Waals surface area contributed by atoms with E-state index in [0.717, 1.165) is 0 Å². The van der Waals surface area contributed by atoms with Crippen molar-refractivity contribution in [1.29, 1.82) is 0 Å². The molecule has 0 amide bonds. The monoisotopic (exact) mass is 277 g/mol. The van der Waals surface area contributed by atoms with Crippen LogP contribution in [-0.4, -0.2) is 31.3 Å². The van der Waals surface area contributed by atoms with E-state index in [0.29, 0.717) is 25.7 Å². The van der Waals surface area contributed by atoms with Gasteiger partial charge in [0, 0.05) is 6.04 Å². The van der Waals surface area contributed by atoms with Gasteiger partial charge in [-0.25, -0.2) is 13.1 Å². The first-order valence-corrected chi connectivity index (χ1v) is 7.97. The van der Waals surface area contributed by atoms with Crippen molar-refractivity contribution in [2.45, 2.75) is 52.5 Å². The molecule has 0 atom stereocenters. The van der Waals surface area contributed by atoms with Gasteiger partial charge in [-0.3, -0.25) is 4.79 Å². The lowest BCUT2D eigenvalue weighted by Crippen LogP contribution is -2.41. The molecule has 6 heteroatoms. The lowest BCUT2D eigenvalue weighted by molar-refractivity contribution is -0.142. The highest BCUT2D eigenvalue weighted by Gasteiger charge is 2.29. The molecule has 1 fully saturated rings. The van der Waals surface area contributed by atoms with Gasteiger partial charge in [0.05, 0.1) is 11.7 Å². The number of carboxylic acid groups (broad SMARTS) is 1. The van der Waals surface area contributed by atoms with Crippen LogP contribution < -0.4 is 4.72 Å².